The molecular weight excluding hydrogens is 1320 g/mol. The van der Waals surface area contributed by atoms with Crippen LogP contribution in [0.25, 0.3) is 0 Å². The van der Waals surface area contributed by atoms with Gasteiger partial charge in [-0.05, 0) is 99.8 Å². The summed E-state index contributed by atoms with van der Waals surface area (Å²) in [7, 11) is 0. The number of aliphatic imine (C=N–C) groups is 1. The number of esters is 1. The highest BCUT2D eigenvalue weighted by Crippen LogP contribution is 2.26. The van der Waals surface area contributed by atoms with Crippen molar-refractivity contribution in [3.63, 3.8) is 0 Å². The molecule has 2 heterocycles. The van der Waals surface area contributed by atoms with E-state index in [1.54, 1.807) is 69.2 Å². The standard InChI is InChI=1S/C66H104N16O19/c1-14-34(6)44-58(94)80-45(35(7)84)57(93)72-30-43(85)78-47(50(87)52(67)88)60(96)76-42(31-83)62(98)100-51(37-19-16-15-17-20-37)48(82-55(91)40(28-36-22-25-70-26-23-36)74-56(92)41(29-65(8,9)10)77-64(99)101-66(11,12)13)61(97)81-46(49(86)33(4)5)59(95)75-39(27-32(2)3)54(90)73-38(53(89)79-44)21-18-24-71-63(68)69/h15-17,19-20,22-23,25-26,32-35,38-42,44-51,83-84,86-87H,14,18,21,24,27-31H2,1-13H3,(H2,67,88)(H,72,93)(H,73,90)(H,74,92)(H,75,95)(H,76,96)(H,77,99)(H,78,85)(H,79,89)(H,80,94)(H,81,97)(H,82,91)(H4,68,69,71)/t34-,35-,38+,39-,40?,41+,42-,44-,45-,46-,47-,48-,49+,50-,51+/m0/s1. The summed E-state index contributed by atoms with van der Waals surface area (Å²) in [6, 6.07) is -8.88. The summed E-state index contributed by atoms with van der Waals surface area (Å²) in [4.78, 5) is 195. The van der Waals surface area contributed by atoms with Crippen LogP contribution in [0.5, 0.6) is 0 Å². The van der Waals surface area contributed by atoms with Crippen LogP contribution in [0.3, 0.4) is 0 Å². The fourth-order valence-corrected chi connectivity index (χ4v) is 10.2. The number of cyclic esters (lactones) is 1. The SMILES string of the molecule is CC[C@H](C)[C@@H]1NC(=O)[C@@H](CCCN=C(N)N)NC(=O)[C@H](CC(C)C)NC(=O)[C@H]([C@H](O)C(C)C)NC(=O)[C@@H](NC(=O)C(Cc2ccncc2)NC(=O)[C@@H](CC(C)(C)C)NC(=O)OC(C)(C)C)[C@@H](c2ccccc2)OC(=O)[C@H](CO)NC(=O)[C@H]([C@H](O)C(N)=O)NC(=O)CNC(=O)[C@H]([C@H](C)O)NC1=O. The van der Waals surface area contributed by atoms with Crippen LogP contribution in [0.15, 0.2) is 59.9 Å². The van der Waals surface area contributed by atoms with Gasteiger partial charge in [0.2, 0.25) is 65.0 Å². The van der Waals surface area contributed by atoms with E-state index in [0.29, 0.717) is 5.56 Å². The average Bonchev–Trinajstić information content (AvgIpc) is 0.811. The van der Waals surface area contributed by atoms with Crippen LogP contribution in [0, 0.1) is 23.2 Å². The van der Waals surface area contributed by atoms with Crippen molar-refractivity contribution in [1.82, 2.24) is 63.5 Å². The van der Waals surface area contributed by atoms with Crippen LogP contribution >= 0.6 is 0 Å². The van der Waals surface area contributed by atoms with Gasteiger partial charge in [-0.3, -0.25) is 62.7 Å². The zero-order valence-corrected chi connectivity index (χ0v) is 59.4. The molecule has 0 bridgehead atoms. The van der Waals surface area contributed by atoms with E-state index in [1.165, 1.54) is 68.7 Å². The molecule has 0 radical (unpaired) electrons. The number of nitrogens with zero attached hydrogens (tertiary/aromatic N) is 2. The molecule has 1 aromatic carbocycles. The van der Waals surface area contributed by atoms with Gasteiger partial charge in [0.1, 0.15) is 60.0 Å². The van der Waals surface area contributed by atoms with Crippen molar-refractivity contribution in [2.75, 3.05) is 19.7 Å². The van der Waals surface area contributed by atoms with Gasteiger partial charge in [-0.25, -0.2) is 9.59 Å². The molecule has 3 rings (SSSR count). The van der Waals surface area contributed by atoms with E-state index in [0.717, 1.165) is 6.92 Å². The molecule has 101 heavy (non-hydrogen) atoms. The Bertz CT molecular complexity index is 3200. The number of benzene rings is 1. The number of nitrogens with two attached hydrogens (primary N) is 3. The fourth-order valence-electron chi connectivity index (χ4n) is 10.2. The normalized spacial score (nSPS) is 23.4. The maximum absolute atomic E-state index is 15.7. The van der Waals surface area contributed by atoms with Crippen molar-refractivity contribution in [2.45, 2.75) is 219 Å². The number of primary amides is 1. The van der Waals surface area contributed by atoms with Gasteiger partial charge in [0, 0.05) is 25.4 Å². The average molecular weight is 1430 g/mol. The van der Waals surface area contributed by atoms with E-state index >= 15 is 14.4 Å². The second kappa shape index (κ2) is 40.0. The summed E-state index contributed by atoms with van der Waals surface area (Å²) in [5, 5.41) is 71.2. The molecule has 12 amide bonds. The number of aliphatic hydroxyl groups is 4. The first kappa shape index (κ1) is 85.6. The first-order valence-corrected chi connectivity index (χ1v) is 33.2. The van der Waals surface area contributed by atoms with Crippen LogP contribution < -0.4 is 75.7 Å². The number of amides is 12. The number of alkyl carbamates (subject to hydrolysis) is 1. The number of hydrogen-bond donors (Lipinski definition) is 18. The Labute approximate surface area is 586 Å². The minimum absolute atomic E-state index is 0.0225. The van der Waals surface area contributed by atoms with E-state index in [9.17, 15) is 68.4 Å². The predicted molar refractivity (Wildman–Crippen MR) is 364 cm³/mol. The quantitative estimate of drug-likeness (QED) is 0.0219. The molecule has 1 aliphatic heterocycles. The van der Waals surface area contributed by atoms with Crippen LogP contribution in [-0.4, -0.2) is 212 Å². The number of aromatic nitrogens is 1. The van der Waals surface area contributed by atoms with Gasteiger partial charge < -0.3 is 106 Å². The zero-order valence-electron chi connectivity index (χ0n) is 59.4. The summed E-state index contributed by atoms with van der Waals surface area (Å²) in [6.07, 6.45) is -7.14. The van der Waals surface area contributed by atoms with Gasteiger partial charge in [0.15, 0.2) is 24.2 Å². The lowest BCUT2D eigenvalue weighted by atomic mass is 9.87. The third-order valence-corrected chi connectivity index (χ3v) is 15.7. The predicted octanol–water partition coefficient (Wildman–Crippen LogP) is -3.89. The summed E-state index contributed by atoms with van der Waals surface area (Å²) >= 11 is 0. The monoisotopic (exact) mass is 1420 g/mol. The Hall–Kier alpha value is -9.61. The lowest BCUT2D eigenvalue weighted by Gasteiger charge is -2.34. The minimum Gasteiger partial charge on any atom is -0.453 e. The maximum Gasteiger partial charge on any atom is 0.408 e. The van der Waals surface area contributed by atoms with Crippen molar-refractivity contribution < 1.29 is 92.2 Å². The van der Waals surface area contributed by atoms with Crippen molar-refractivity contribution in [3.8, 4) is 0 Å². The molecule has 1 fully saturated rings. The molecule has 1 unspecified atom stereocenters. The third-order valence-electron chi connectivity index (χ3n) is 15.7. The minimum atomic E-state index is -2.61. The van der Waals surface area contributed by atoms with E-state index in [-0.39, 0.29) is 56.6 Å². The highest BCUT2D eigenvalue weighted by atomic mass is 16.6. The van der Waals surface area contributed by atoms with Gasteiger partial charge >= 0.3 is 12.1 Å². The molecule has 21 N–H and O–H groups in total. The summed E-state index contributed by atoms with van der Waals surface area (Å²) in [5.41, 5.74) is 15.1. The number of hydrogen-bond acceptors (Lipinski definition) is 21. The molecule has 35 nitrogen and oxygen atoms in total. The number of pyridine rings is 1. The Morgan fingerprint density at radius 2 is 1.24 bits per heavy atom. The Kier molecular flexibility index (Phi) is 33.9. The second-order valence-corrected chi connectivity index (χ2v) is 27.7. The van der Waals surface area contributed by atoms with Gasteiger partial charge in [-0.2, -0.15) is 0 Å². The molecule has 0 aliphatic carbocycles. The third kappa shape index (κ3) is 28.9. The van der Waals surface area contributed by atoms with E-state index in [1.807, 2.05) is 10.6 Å². The smallest absolute Gasteiger partial charge is 0.408 e. The van der Waals surface area contributed by atoms with Gasteiger partial charge in [-0.15, -0.1) is 0 Å². The second-order valence-electron chi connectivity index (χ2n) is 27.7. The molecule has 1 aromatic heterocycles. The van der Waals surface area contributed by atoms with Crippen LogP contribution in [-0.2, 0) is 73.4 Å². The van der Waals surface area contributed by atoms with Crippen molar-refractivity contribution in [2.24, 2.45) is 45.4 Å². The first-order valence-electron chi connectivity index (χ1n) is 33.2. The van der Waals surface area contributed by atoms with Gasteiger partial charge in [-0.1, -0.05) is 99.1 Å². The molecule has 0 spiro atoms. The molecule has 562 valence electrons. The van der Waals surface area contributed by atoms with Crippen molar-refractivity contribution in [1.29, 1.82) is 0 Å². The Balaban J connectivity index is 2.49. The number of ether oxygens (including phenoxy) is 2. The fraction of sp³-hybridized carbons (Fsp3) is 0.621. The maximum atomic E-state index is 15.7. The summed E-state index contributed by atoms with van der Waals surface area (Å²) < 4.78 is 11.5. The summed E-state index contributed by atoms with van der Waals surface area (Å²) in [6.45, 7) is 18.2. The Morgan fingerprint density at radius 1 is 0.673 bits per heavy atom. The number of nitrogens with one attached hydrogen (secondary N) is 11. The van der Waals surface area contributed by atoms with E-state index < -0.39 is 204 Å². The number of aliphatic hydroxyl groups excluding tert-OH is 4. The topological polar surface area (TPSA) is 557 Å². The number of rotatable bonds is 23. The molecular formula is C66H104N16O19. The highest BCUT2D eigenvalue weighted by Gasteiger charge is 2.44. The number of carbonyl (C=O) groups is 13. The van der Waals surface area contributed by atoms with E-state index in [4.69, 9.17) is 26.7 Å². The highest BCUT2D eigenvalue weighted by molar-refractivity contribution is 6.00. The molecule has 2 aromatic rings. The molecule has 1 aliphatic rings. The summed E-state index contributed by atoms with van der Waals surface area (Å²) in [5.74, 6) is -17.6. The first-order chi connectivity index (χ1) is 47.1. The zero-order chi connectivity index (χ0) is 76.4. The number of guanidine groups is 1. The molecule has 0 saturated carbocycles. The van der Waals surface area contributed by atoms with Crippen molar-refractivity contribution >= 4 is 83.0 Å². The van der Waals surface area contributed by atoms with Crippen molar-refractivity contribution in [3.05, 3.63) is 66.0 Å². The molecule has 15 atom stereocenters. The lowest BCUT2D eigenvalue weighted by molar-refractivity contribution is -0.159. The largest absolute Gasteiger partial charge is 0.453 e. The molecule has 35 heteroatoms. The van der Waals surface area contributed by atoms with E-state index in [2.05, 4.69) is 57.8 Å². The lowest BCUT2D eigenvalue weighted by Crippen LogP contribution is -2.64. The van der Waals surface area contributed by atoms with Crippen LogP contribution in [0.1, 0.15) is 139 Å². The van der Waals surface area contributed by atoms with Crippen LogP contribution in [0.4, 0.5) is 4.79 Å². The van der Waals surface area contributed by atoms with Crippen LogP contribution in [0.2, 0.25) is 0 Å². The number of carbonyl (C=O) groups excluding carboxylic acids is 13. The van der Waals surface area contributed by atoms with Gasteiger partial charge in [0.25, 0.3) is 0 Å². The Morgan fingerprint density at radius 3 is 1.78 bits per heavy atom. The van der Waals surface area contributed by atoms with Gasteiger partial charge in [0.05, 0.1) is 25.4 Å². The molecule has 1 saturated heterocycles.